The number of anilines is 3. The van der Waals surface area contributed by atoms with Crippen molar-refractivity contribution in [3.05, 3.63) is 53.3 Å². The van der Waals surface area contributed by atoms with E-state index in [1.54, 1.807) is 35.2 Å². The maximum Gasteiger partial charge on any atom is 0.322 e. The van der Waals surface area contributed by atoms with Gasteiger partial charge in [-0.05, 0) is 67.6 Å². The molecule has 174 valence electrons. The van der Waals surface area contributed by atoms with E-state index in [9.17, 15) is 18.8 Å². The Labute approximate surface area is 196 Å². The average molecular weight is 473 g/mol. The van der Waals surface area contributed by atoms with Gasteiger partial charge in [-0.3, -0.25) is 9.59 Å². The molecule has 4 amide bonds. The summed E-state index contributed by atoms with van der Waals surface area (Å²) in [5, 5.41) is 5.94. The molecule has 2 aromatic carbocycles. The normalized spacial score (nSPS) is 20.6. The van der Waals surface area contributed by atoms with Gasteiger partial charge in [0, 0.05) is 35.9 Å². The van der Waals surface area contributed by atoms with E-state index in [0.29, 0.717) is 42.3 Å². The SMILES string of the molecule is C[C@@H]1C[C@H](C(=O)Nc2ccc(N3CCCCC3=O)cc2F)N(C(=O)Nc2ccc(Cl)cc2)C1. The molecule has 2 saturated heterocycles. The highest BCUT2D eigenvalue weighted by Gasteiger charge is 2.38. The maximum absolute atomic E-state index is 14.8. The third kappa shape index (κ3) is 5.27. The second-order valence-electron chi connectivity index (χ2n) is 8.60. The quantitative estimate of drug-likeness (QED) is 0.665. The molecule has 0 spiro atoms. The largest absolute Gasteiger partial charge is 0.322 e. The van der Waals surface area contributed by atoms with Crippen LogP contribution in [-0.2, 0) is 9.59 Å². The van der Waals surface area contributed by atoms with Crippen LogP contribution in [0.4, 0.5) is 26.2 Å². The van der Waals surface area contributed by atoms with Crippen LogP contribution in [0.2, 0.25) is 5.02 Å². The first kappa shape index (κ1) is 23.0. The van der Waals surface area contributed by atoms with E-state index in [0.717, 1.165) is 12.8 Å². The Hall–Kier alpha value is -3.13. The van der Waals surface area contributed by atoms with E-state index in [1.807, 2.05) is 6.92 Å². The number of amides is 4. The Morgan fingerprint density at radius 2 is 1.85 bits per heavy atom. The Kier molecular flexibility index (Phi) is 6.83. The number of carbonyl (C=O) groups excluding carboxylic acids is 3. The number of urea groups is 1. The van der Waals surface area contributed by atoms with E-state index < -0.39 is 23.8 Å². The van der Waals surface area contributed by atoms with Crippen LogP contribution in [0.25, 0.3) is 0 Å². The summed E-state index contributed by atoms with van der Waals surface area (Å²) < 4.78 is 14.8. The van der Waals surface area contributed by atoms with E-state index in [-0.39, 0.29) is 17.5 Å². The molecule has 0 aliphatic carbocycles. The van der Waals surface area contributed by atoms with E-state index in [4.69, 9.17) is 11.6 Å². The highest BCUT2D eigenvalue weighted by Crippen LogP contribution is 2.28. The molecule has 0 radical (unpaired) electrons. The molecule has 0 saturated carbocycles. The number of nitrogens with zero attached hydrogens (tertiary/aromatic N) is 2. The Bertz CT molecular complexity index is 1060. The zero-order chi connectivity index (χ0) is 23.5. The first-order valence-electron chi connectivity index (χ1n) is 11.1. The highest BCUT2D eigenvalue weighted by molar-refractivity contribution is 6.30. The van der Waals surface area contributed by atoms with Crippen molar-refractivity contribution in [1.29, 1.82) is 0 Å². The zero-order valence-corrected chi connectivity index (χ0v) is 19.1. The number of nitrogens with one attached hydrogen (secondary N) is 2. The minimum atomic E-state index is -0.727. The Balaban J connectivity index is 1.44. The van der Waals surface area contributed by atoms with Crippen molar-refractivity contribution in [2.24, 2.45) is 5.92 Å². The number of piperidine rings is 1. The lowest BCUT2D eigenvalue weighted by atomic mass is 10.1. The third-order valence-electron chi connectivity index (χ3n) is 6.01. The van der Waals surface area contributed by atoms with Gasteiger partial charge in [0.15, 0.2) is 0 Å². The van der Waals surface area contributed by atoms with Gasteiger partial charge in [0.25, 0.3) is 0 Å². The Morgan fingerprint density at radius 1 is 1.09 bits per heavy atom. The minimum absolute atomic E-state index is 0.0193. The first-order chi connectivity index (χ1) is 15.8. The number of benzene rings is 2. The lowest BCUT2D eigenvalue weighted by Gasteiger charge is -2.27. The zero-order valence-electron chi connectivity index (χ0n) is 18.3. The van der Waals surface area contributed by atoms with Crippen molar-refractivity contribution >= 4 is 46.5 Å². The third-order valence-corrected chi connectivity index (χ3v) is 6.27. The number of halogens is 2. The summed E-state index contributed by atoms with van der Waals surface area (Å²) >= 11 is 5.88. The lowest BCUT2D eigenvalue weighted by molar-refractivity contribution is -0.120. The van der Waals surface area contributed by atoms with E-state index >= 15 is 0 Å². The monoisotopic (exact) mass is 472 g/mol. The summed E-state index contributed by atoms with van der Waals surface area (Å²) in [6.45, 7) is 2.93. The second-order valence-corrected chi connectivity index (χ2v) is 9.04. The maximum atomic E-state index is 14.8. The van der Waals surface area contributed by atoms with Gasteiger partial charge in [-0.1, -0.05) is 18.5 Å². The van der Waals surface area contributed by atoms with E-state index in [1.165, 1.54) is 17.0 Å². The van der Waals surface area contributed by atoms with Gasteiger partial charge in [-0.15, -0.1) is 0 Å². The molecule has 7 nitrogen and oxygen atoms in total. The summed E-state index contributed by atoms with van der Waals surface area (Å²) in [7, 11) is 0. The van der Waals surface area contributed by atoms with Gasteiger partial charge in [-0.25, -0.2) is 9.18 Å². The molecule has 2 heterocycles. The van der Waals surface area contributed by atoms with Crippen molar-refractivity contribution in [1.82, 2.24) is 4.90 Å². The second kappa shape index (κ2) is 9.79. The highest BCUT2D eigenvalue weighted by atomic mass is 35.5. The number of hydrogen-bond donors (Lipinski definition) is 2. The van der Waals surface area contributed by atoms with Crippen molar-refractivity contribution in [2.75, 3.05) is 28.6 Å². The molecule has 9 heteroatoms. The summed E-state index contributed by atoms with van der Waals surface area (Å²) in [5.41, 5.74) is 1.07. The molecule has 33 heavy (non-hydrogen) atoms. The average Bonchev–Trinajstić information content (AvgIpc) is 3.19. The molecule has 2 aromatic rings. The minimum Gasteiger partial charge on any atom is -0.322 e. The fourth-order valence-corrected chi connectivity index (χ4v) is 4.44. The standard InChI is InChI=1S/C24H26ClFN4O3/c1-15-12-21(30(14-15)24(33)27-17-7-5-16(25)6-8-17)23(32)28-20-10-9-18(13-19(20)26)29-11-3-2-4-22(29)31/h5-10,13,15,21H,2-4,11-12,14H2,1H3,(H,27,33)(H,28,32)/t15-,21-/m1/s1. The molecule has 2 aliphatic rings. The van der Waals surface area contributed by atoms with Crippen molar-refractivity contribution in [2.45, 2.75) is 38.6 Å². The predicted octanol–water partition coefficient (Wildman–Crippen LogP) is 4.88. The molecule has 2 atom stereocenters. The van der Waals surface area contributed by atoms with Gasteiger partial charge in [0.1, 0.15) is 11.9 Å². The molecule has 4 rings (SSSR count). The summed E-state index contributed by atoms with van der Waals surface area (Å²) in [5.74, 6) is -0.984. The van der Waals surface area contributed by atoms with Crippen LogP contribution < -0.4 is 15.5 Å². The molecule has 2 fully saturated rings. The fraction of sp³-hybridized carbons (Fsp3) is 0.375. The van der Waals surface area contributed by atoms with Crippen LogP contribution in [0.15, 0.2) is 42.5 Å². The van der Waals surface area contributed by atoms with Crippen LogP contribution in [-0.4, -0.2) is 41.9 Å². The number of rotatable bonds is 4. The number of hydrogen-bond acceptors (Lipinski definition) is 3. The smallest absolute Gasteiger partial charge is 0.322 e. The number of carbonyl (C=O) groups is 3. The molecule has 2 aliphatic heterocycles. The molecular formula is C24H26ClFN4O3. The summed E-state index contributed by atoms with van der Waals surface area (Å²) in [6.07, 6.45) is 2.64. The summed E-state index contributed by atoms with van der Waals surface area (Å²) in [6, 6.07) is 9.91. The molecule has 0 aromatic heterocycles. The van der Waals surface area contributed by atoms with Gasteiger partial charge in [0.05, 0.1) is 5.69 Å². The van der Waals surface area contributed by atoms with Crippen molar-refractivity contribution in [3.8, 4) is 0 Å². The predicted molar refractivity (Wildman–Crippen MR) is 126 cm³/mol. The topological polar surface area (TPSA) is 81.8 Å². The molecule has 2 N–H and O–H groups in total. The van der Waals surface area contributed by atoms with Gasteiger partial charge >= 0.3 is 6.03 Å². The first-order valence-corrected chi connectivity index (χ1v) is 11.4. The van der Waals surface area contributed by atoms with Crippen molar-refractivity contribution in [3.63, 3.8) is 0 Å². The van der Waals surface area contributed by atoms with Crippen molar-refractivity contribution < 1.29 is 18.8 Å². The Morgan fingerprint density at radius 3 is 2.55 bits per heavy atom. The van der Waals surface area contributed by atoms with Crippen LogP contribution in [0.3, 0.4) is 0 Å². The van der Waals surface area contributed by atoms with Gasteiger partial charge in [0.2, 0.25) is 11.8 Å². The molecular weight excluding hydrogens is 447 g/mol. The van der Waals surface area contributed by atoms with Crippen LogP contribution in [0.5, 0.6) is 0 Å². The van der Waals surface area contributed by atoms with Crippen LogP contribution in [0.1, 0.15) is 32.6 Å². The van der Waals surface area contributed by atoms with Crippen LogP contribution >= 0.6 is 11.6 Å². The summed E-state index contributed by atoms with van der Waals surface area (Å²) in [4.78, 5) is 40.9. The van der Waals surface area contributed by atoms with Gasteiger partial charge < -0.3 is 20.4 Å². The number of likely N-dealkylation sites (tertiary alicyclic amines) is 1. The molecule has 0 unspecified atom stereocenters. The van der Waals surface area contributed by atoms with Gasteiger partial charge in [-0.2, -0.15) is 0 Å². The fourth-order valence-electron chi connectivity index (χ4n) is 4.32. The lowest BCUT2D eigenvalue weighted by Crippen LogP contribution is -2.45. The van der Waals surface area contributed by atoms with E-state index in [2.05, 4.69) is 10.6 Å². The van der Waals surface area contributed by atoms with Crippen LogP contribution in [0, 0.1) is 11.7 Å². The molecule has 0 bridgehead atoms.